The number of aromatic nitrogens is 2. The van der Waals surface area contributed by atoms with Crippen molar-refractivity contribution in [2.45, 2.75) is 70.4 Å². The fraction of sp³-hybridized carbons (Fsp3) is 0.591. The monoisotopic (exact) mass is 385 g/mol. The van der Waals surface area contributed by atoms with Gasteiger partial charge in [0.15, 0.2) is 8.32 Å². The minimum absolute atomic E-state index is 0.247. The molecule has 1 aromatic heterocycles. The van der Waals surface area contributed by atoms with Crippen molar-refractivity contribution in [2.24, 2.45) is 7.05 Å². The highest BCUT2D eigenvalue weighted by Gasteiger charge is 2.42. The maximum Gasteiger partial charge on any atom is 0.192 e. The molecule has 0 radical (unpaired) electrons. The second-order valence-electron chi connectivity index (χ2n) is 9.46. The second-order valence-corrected chi connectivity index (χ2v) is 14.2. The maximum absolute atomic E-state index is 6.79. The van der Waals surface area contributed by atoms with Gasteiger partial charge >= 0.3 is 0 Å². The van der Waals surface area contributed by atoms with Crippen LogP contribution >= 0.6 is 0 Å². The van der Waals surface area contributed by atoms with E-state index in [1.807, 2.05) is 17.9 Å². The fourth-order valence-corrected chi connectivity index (χ4v) is 5.04. The minimum atomic E-state index is -1.76. The summed E-state index contributed by atoms with van der Waals surface area (Å²) in [4.78, 5) is 2.61. The molecule has 0 unspecified atom stereocenters. The first kappa shape index (κ1) is 20.3. The van der Waals surface area contributed by atoms with E-state index in [9.17, 15) is 0 Å². The van der Waals surface area contributed by atoms with Gasteiger partial charge in [-0.3, -0.25) is 9.58 Å². The van der Waals surface area contributed by atoms with E-state index < -0.39 is 8.32 Å². The summed E-state index contributed by atoms with van der Waals surface area (Å²) in [5, 5.41) is 4.60. The lowest BCUT2D eigenvalue weighted by Gasteiger charge is -2.38. The van der Waals surface area contributed by atoms with Gasteiger partial charge in [0, 0.05) is 44.5 Å². The number of benzene rings is 1. The fourth-order valence-electron chi connectivity index (χ4n) is 3.68. The zero-order valence-corrected chi connectivity index (χ0v) is 18.8. The van der Waals surface area contributed by atoms with Crippen LogP contribution in [-0.4, -0.2) is 41.7 Å². The first-order valence-electron chi connectivity index (χ1n) is 10.1. The Morgan fingerprint density at radius 3 is 2.44 bits per heavy atom. The van der Waals surface area contributed by atoms with Crippen LogP contribution in [0.1, 0.15) is 38.4 Å². The number of likely N-dealkylation sites (tertiary alicyclic amines) is 1. The molecule has 0 spiro atoms. The van der Waals surface area contributed by atoms with E-state index in [0.29, 0.717) is 12.1 Å². The lowest BCUT2D eigenvalue weighted by Crippen LogP contribution is -2.44. The van der Waals surface area contributed by atoms with E-state index in [1.54, 1.807) is 0 Å². The van der Waals surface area contributed by atoms with Crippen LogP contribution in [0.5, 0.6) is 0 Å². The highest BCUT2D eigenvalue weighted by Crippen LogP contribution is 2.39. The lowest BCUT2D eigenvalue weighted by molar-refractivity contribution is 0.177. The molecular weight excluding hydrogens is 350 g/mol. The largest absolute Gasteiger partial charge is 0.413 e. The van der Waals surface area contributed by atoms with Crippen LogP contribution in [0.4, 0.5) is 0 Å². The van der Waals surface area contributed by atoms with Crippen LogP contribution in [0.2, 0.25) is 18.1 Å². The molecule has 5 heteroatoms. The van der Waals surface area contributed by atoms with E-state index in [0.717, 1.165) is 25.9 Å². The number of aryl methyl sites for hydroxylation is 1. The Balaban J connectivity index is 1.75. The number of hydrogen-bond acceptors (Lipinski definition) is 3. The Morgan fingerprint density at radius 1 is 1.15 bits per heavy atom. The summed E-state index contributed by atoms with van der Waals surface area (Å²) in [6.07, 6.45) is 4.36. The first-order valence-corrected chi connectivity index (χ1v) is 13.0. The molecule has 0 aliphatic carbocycles. The third-order valence-corrected chi connectivity index (χ3v) is 10.9. The Hall–Kier alpha value is -1.43. The van der Waals surface area contributed by atoms with Gasteiger partial charge in [0.1, 0.15) is 0 Å². The normalized spacial score (nSPS) is 21.7. The third-order valence-electron chi connectivity index (χ3n) is 6.35. The second kappa shape index (κ2) is 7.90. The standard InChI is InChI=1S/C22H35N3OSi/c1-22(2,3)27(5,6)26-21-15-20(14-19-12-13-23-24(19)4)25(17-21)16-18-10-8-7-9-11-18/h7-13,20-21H,14-17H2,1-6H3/t20-,21-/m1/s1. The maximum atomic E-state index is 6.79. The van der Waals surface area contributed by atoms with Crippen LogP contribution in [0, 0.1) is 0 Å². The lowest BCUT2D eigenvalue weighted by atomic mass is 10.1. The Morgan fingerprint density at radius 2 is 1.85 bits per heavy atom. The van der Waals surface area contributed by atoms with Crippen molar-refractivity contribution in [1.82, 2.24) is 14.7 Å². The molecular formula is C22H35N3OSi. The predicted molar refractivity (Wildman–Crippen MR) is 114 cm³/mol. The van der Waals surface area contributed by atoms with Crippen molar-refractivity contribution in [2.75, 3.05) is 6.54 Å². The van der Waals surface area contributed by atoms with Crippen LogP contribution < -0.4 is 0 Å². The highest BCUT2D eigenvalue weighted by atomic mass is 28.4. The van der Waals surface area contributed by atoms with Crippen molar-refractivity contribution < 1.29 is 4.43 Å². The molecule has 0 N–H and O–H groups in total. The zero-order valence-electron chi connectivity index (χ0n) is 17.8. The number of nitrogens with zero attached hydrogens (tertiary/aromatic N) is 3. The van der Waals surface area contributed by atoms with Crippen LogP contribution in [0.3, 0.4) is 0 Å². The van der Waals surface area contributed by atoms with Crippen LogP contribution in [-0.2, 0) is 24.4 Å². The summed E-state index contributed by atoms with van der Waals surface area (Å²) in [6.45, 7) is 13.7. The number of hydrogen-bond donors (Lipinski definition) is 0. The molecule has 2 heterocycles. The van der Waals surface area contributed by atoms with Gasteiger partial charge in [0.2, 0.25) is 0 Å². The molecule has 0 saturated carbocycles. The molecule has 1 aromatic carbocycles. The summed E-state index contributed by atoms with van der Waals surface area (Å²) in [5.74, 6) is 0. The molecule has 2 atom stereocenters. The van der Waals surface area contributed by atoms with E-state index in [1.165, 1.54) is 11.3 Å². The van der Waals surface area contributed by atoms with Crippen LogP contribution in [0.25, 0.3) is 0 Å². The van der Waals surface area contributed by atoms with E-state index in [4.69, 9.17) is 4.43 Å². The summed E-state index contributed by atoms with van der Waals surface area (Å²) < 4.78 is 8.79. The van der Waals surface area contributed by atoms with Gasteiger partial charge in [-0.25, -0.2) is 0 Å². The molecule has 3 rings (SSSR count). The average Bonchev–Trinajstić information content (AvgIpc) is 3.14. The van der Waals surface area contributed by atoms with Gasteiger partial charge in [0.25, 0.3) is 0 Å². The summed E-state index contributed by atoms with van der Waals surface area (Å²) in [5.41, 5.74) is 2.67. The Labute approximate surface area is 165 Å². The third kappa shape index (κ3) is 4.89. The molecule has 0 bridgehead atoms. The Bertz CT molecular complexity index is 736. The van der Waals surface area contributed by atoms with Crippen LogP contribution in [0.15, 0.2) is 42.6 Å². The molecule has 4 nitrogen and oxygen atoms in total. The topological polar surface area (TPSA) is 30.3 Å². The molecule has 0 amide bonds. The van der Waals surface area contributed by atoms with Gasteiger partial charge in [-0.15, -0.1) is 0 Å². The molecule has 1 saturated heterocycles. The van der Waals surface area contributed by atoms with Gasteiger partial charge in [0.05, 0.1) is 6.10 Å². The zero-order chi connectivity index (χ0) is 19.7. The highest BCUT2D eigenvalue weighted by molar-refractivity contribution is 6.74. The van der Waals surface area contributed by atoms with Crippen molar-refractivity contribution >= 4 is 8.32 Å². The molecule has 27 heavy (non-hydrogen) atoms. The smallest absolute Gasteiger partial charge is 0.192 e. The molecule has 1 aliphatic rings. The van der Waals surface area contributed by atoms with Gasteiger partial charge in [-0.2, -0.15) is 5.10 Å². The molecule has 1 fully saturated rings. The molecule has 1 aliphatic heterocycles. The van der Waals surface area contributed by atoms with E-state index in [-0.39, 0.29) is 5.04 Å². The molecule has 2 aromatic rings. The average molecular weight is 386 g/mol. The van der Waals surface area contributed by atoms with Crippen molar-refractivity contribution in [3.8, 4) is 0 Å². The summed E-state index contributed by atoms with van der Waals surface area (Å²) in [6, 6.07) is 13.4. The summed E-state index contributed by atoms with van der Waals surface area (Å²) >= 11 is 0. The minimum Gasteiger partial charge on any atom is -0.413 e. The molecule has 148 valence electrons. The quantitative estimate of drug-likeness (QED) is 0.679. The van der Waals surface area contributed by atoms with Crippen molar-refractivity contribution in [3.05, 3.63) is 53.9 Å². The van der Waals surface area contributed by atoms with Crippen molar-refractivity contribution in [1.29, 1.82) is 0 Å². The summed E-state index contributed by atoms with van der Waals surface area (Å²) in [7, 11) is 0.282. The van der Waals surface area contributed by atoms with E-state index in [2.05, 4.69) is 80.3 Å². The Kier molecular flexibility index (Phi) is 5.94. The van der Waals surface area contributed by atoms with E-state index >= 15 is 0 Å². The number of rotatable bonds is 6. The predicted octanol–water partition coefficient (Wildman–Crippen LogP) is 4.63. The van der Waals surface area contributed by atoms with Gasteiger partial charge < -0.3 is 4.43 Å². The SMILES string of the molecule is Cn1nccc1C[C@@H]1C[C@@H](O[Si](C)(C)C(C)(C)C)CN1Cc1ccccc1. The first-order chi connectivity index (χ1) is 12.7. The van der Waals surface area contributed by atoms with Gasteiger partial charge in [-0.05, 0) is 36.2 Å². The van der Waals surface area contributed by atoms with Crippen molar-refractivity contribution in [3.63, 3.8) is 0 Å². The van der Waals surface area contributed by atoms with Gasteiger partial charge in [-0.1, -0.05) is 51.1 Å².